The molecule has 0 aromatic heterocycles. The summed E-state index contributed by atoms with van der Waals surface area (Å²) >= 11 is 0. The second kappa shape index (κ2) is 8.80. The number of rotatable bonds is 6. The second-order valence-corrected chi connectivity index (χ2v) is 7.99. The number of phenols is 3. The summed E-state index contributed by atoms with van der Waals surface area (Å²) in [5.74, 6) is -2.33. The van der Waals surface area contributed by atoms with Crippen LogP contribution >= 0.6 is 0 Å². The molecule has 0 fully saturated rings. The summed E-state index contributed by atoms with van der Waals surface area (Å²) < 4.78 is 5.94. The number of hydrogen-bond acceptors (Lipinski definition) is 6. The highest BCUT2D eigenvalue weighted by Crippen LogP contribution is 2.43. The van der Waals surface area contributed by atoms with Crippen molar-refractivity contribution in [2.24, 2.45) is 0 Å². The number of carboxylic acids is 1. The van der Waals surface area contributed by atoms with Crippen LogP contribution in [0.2, 0.25) is 0 Å². The Kier molecular flexibility index (Phi) is 5.92. The lowest BCUT2D eigenvalue weighted by Crippen LogP contribution is -2.30. The Hall–Kier alpha value is -3.71. The third-order valence-electron chi connectivity index (χ3n) is 5.82. The number of aliphatic carboxylic acids is 1. The van der Waals surface area contributed by atoms with Crippen LogP contribution in [-0.2, 0) is 17.6 Å². The quantitative estimate of drug-likeness (QED) is 0.373. The zero-order chi connectivity index (χ0) is 22.8. The molecule has 3 aromatic carbocycles. The summed E-state index contributed by atoms with van der Waals surface area (Å²) in [7, 11) is 0. The largest absolute Gasteiger partial charge is 0.508 e. The van der Waals surface area contributed by atoms with Crippen molar-refractivity contribution in [3.8, 4) is 23.0 Å². The van der Waals surface area contributed by atoms with E-state index in [1.54, 1.807) is 6.07 Å². The zero-order valence-electron chi connectivity index (χ0n) is 17.2. The number of ether oxygens (including phenoxy) is 1. The SMILES string of the molecule is O=C(O)C(CCc1ccccc1)c1cc(O)c2c(c1)OC(c1ccc(O)c(O)c1)[C@@H](O)C2. The van der Waals surface area contributed by atoms with Crippen molar-refractivity contribution in [2.45, 2.75) is 37.4 Å². The Morgan fingerprint density at radius 3 is 2.41 bits per heavy atom. The molecule has 0 amide bonds. The van der Waals surface area contributed by atoms with Gasteiger partial charge in [0.1, 0.15) is 17.6 Å². The van der Waals surface area contributed by atoms with Crippen molar-refractivity contribution in [1.82, 2.24) is 0 Å². The average molecular weight is 436 g/mol. The first kappa shape index (κ1) is 21.5. The summed E-state index contributed by atoms with van der Waals surface area (Å²) in [6.07, 6.45) is -0.858. The molecule has 32 heavy (non-hydrogen) atoms. The van der Waals surface area contributed by atoms with Crippen molar-refractivity contribution in [2.75, 3.05) is 0 Å². The van der Waals surface area contributed by atoms with Gasteiger partial charge in [-0.2, -0.15) is 0 Å². The highest BCUT2D eigenvalue weighted by atomic mass is 16.5. The molecule has 7 nitrogen and oxygen atoms in total. The van der Waals surface area contributed by atoms with Crippen LogP contribution in [0.1, 0.15) is 40.7 Å². The molecule has 7 heteroatoms. The van der Waals surface area contributed by atoms with E-state index in [4.69, 9.17) is 4.74 Å². The minimum atomic E-state index is -1.00. The van der Waals surface area contributed by atoms with Crippen LogP contribution in [-0.4, -0.2) is 37.6 Å². The molecule has 0 saturated carbocycles. The van der Waals surface area contributed by atoms with Crippen molar-refractivity contribution in [1.29, 1.82) is 0 Å². The predicted octanol–water partition coefficient (Wildman–Crippen LogP) is 3.64. The summed E-state index contributed by atoms with van der Waals surface area (Å²) in [6.45, 7) is 0. The second-order valence-electron chi connectivity index (χ2n) is 7.99. The van der Waals surface area contributed by atoms with E-state index in [2.05, 4.69) is 0 Å². The number of carboxylic acid groups (broad SMARTS) is 1. The molecule has 1 aliphatic rings. The fourth-order valence-electron chi connectivity index (χ4n) is 4.09. The third-order valence-corrected chi connectivity index (χ3v) is 5.82. The smallest absolute Gasteiger partial charge is 0.310 e. The molecule has 1 aliphatic heterocycles. The molecular weight excluding hydrogens is 412 g/mol. The molecular formula is C25H24O7. The molecule has 0 aliphatic carbocycles. The van der Waals surface area contributed by atoms with Gasteiger partial charge in [0.15, 0.2) is 11.5 Å². The fraction of sp³-hybridized carbons (Fsp3) is 0.240. The molecule has 0 spiro atoms. The summed E-state index contributed by atoms with van der Waals surface area (Å²) in [4.78, 5) is 12.0. The minimum absolute atomic E-state index is 0.0928. The summed E-state index contributed by atoms with van der Waals surface area (Å²) in [6, 6.07) is 16.7. The number of aromatic hydroxyl groups is 3. The standard InChI is InChI=1S/C25H24O7/c26-19-9-7-15(10-21(19)28)24-22(29)13-18-20(27)11-16(12-23(18)32-24)17(25(30)31)8-6-14-4-2-1-3-5-14/h1-5,7,9-12,17,22,24,26-29H,6,8,13H2,(H,30,31)/t17?,22-,24?/m0/s1. The van der Waals surface area contributed by atoms with E-state index in [1.165, 1.54) is 24.3 Å². The molecule has 4 rings (SSSR count). The number of aliphatic hydroxyl groups excluding tert-OH is 1. The van der Waals surface area contributed by atoms with Gasteiger partial charge in [0.05, 0.1) is 12.0 Å². The van der Waals surface area contributed by atoms with Crippen LogP contribution in [0.4, 0.5) is 0 Å². The van der Waals surface area contributed by atoms with Gasteiger partial charge in [-0.3, -0.25) is 4.79 Å². The molecule has 166 valence electrons. The van der Waals surface area contributed by atoms with E-state index in [-0.39, 0.29) is 29.4 Å². The lowest BCUT2D eigenvalue weighted by Gasteiger charge is -2.32. The normalized spacial score (nSPS) is 18.4. The lowest BCUT2D eigenvalue weighted by atomic mass is 9.88. The van der Waals surface area contributed by atoms with Crippen LogP contribution in [0.15, 0.2) is 60.7 Å². The molecule has 3 aromatic rings. The van der Waals surface area contributed by atoms with Crippen LogP contribution in [0.3, 0.4) is 0 Å². The number of aryl methyl sites for hydroxylation is 1. The minimum Gasteiger partial charge on any atom is -0.508 e. The van der Waals surface area contributed by atoms with Gasteiger partial charge in [0.25, 0.3) is 0 Å². The lowest BCUT2D eigenvalue weighted by molar-refractivity contribution is -0.139. The Balaban J connectivity index is 1.63. The number of aliphatic hydroxyl groups is 1. The third kappa shape index (κ3) is 4.33. The van der Waals surface area contributed by atoms with Gasteiger partial charge >= 0.3 is 5.97 Å². The summed E-state index contributed by atoms with van der Waals surface area (Å²) in [5.41, 5.74) is 2.27. The molecule has 0 saturated heterocycles. The van der Waals surface area contributed by atoms with Crippen LogP contribution in [0.5, 0.6) is 23.0 Å². The van der Waals surface area contributed by atoms with E-state index >= 15 is 0 Å². The highest BCUT2D eigenvalue weighted by molar-refractivity contribution is 5.77. The maximum atomic E-state index is 12.0. The van der Waals surface area contributed by atoms with Gasteiger partial charge in [-0.05, 0) is 53.8 Å². The Morgan fingerprint density at radius 2 is 1.72 bits per heavy atom. The average Bonchev–Trinajstić information content (AvgIpc) is 2.76. The first-order chi connectivity index (χ1) is 15.3. The molecule has 0 bridgehead atoms. The first-order valence-electron chi connectivity index (χ1n) is 10.3. The van der Waals surface area contributed by atoms with Crippen molar-refractivity contribution < 1.29 is 35.1 Å². The van der Waals surface area contributed by atoms with Gasteiger partial charge in [0, 0.05) is 12.0 Å². The van der Waals surface area contributed by atoms with Gasteiger partial charge in [-0.15, -0.1) is 0 Å². The molecule has 0 radical (unpaired) electrons. The van der Waals surface area contributed by atoms with E-state index < -0.39 is 24.1 Å². The number of phenolic OH excluding ortho intramolecular Hbond substituents is 3. The van der Waals surface area contributed by atoms with Gasteiger partial charge in [0.2, 0.25) is 0 Å². The maximum absolute atomic E-state index is 12.0. The Labute approximate surface area is 184 Å². The van der Waals surface area contributed by atoms with Crippen LogP contribution in [0, 0.1) is 0 Å². The number of benzene rings is 3. The molecule has 1 heterocycles. The van der Waals surface area contributed by atoms with Gasteiger partial charge in [-0.1, -0.05) is 36.4 Å². The Bertz CT molecular complexity index is 1130. The zero-order valence-corrected chi connectivity index (χ0v) is 17.2. The van der Waals surface area contributed by atoms with Crippen LogP contribution in [0.25, 0.3) is 0 Å². The summed E-state index contributed by atoms with van der Waals surface area (Å²) in [5, 5.41) is 50.3. The molecule has 3 atom stereocenters. The topological polar surface area (TPSA) is 127 Å². The van der Waals surface area contributed by atoms with Crippen molar-refractivity contribution in [3.05, 3.63) is 82.9 Å². The van der Waals surface area contributed by atoms with Gasteiger partial charge in [-0.25, -0.2) is 0 Å². The first-order valence-corrected chi connectivity index (χ1v) is 10.3. The van der Waals surface area contributed by atoms with E-state index in [0.717, 1.165) is 5.56 Å². The fourth-order valence-corrected chi connectivity index (χ4v) is 4.09. The number of carbonyl (C=O) groups is 1. The van der Waals surface area contributed by atoms with Crippen molar-refractivity contribution in [3.63, 3.8) is 0 Å². The van der Waals surface area contributed by atoms with Crippen molar-refractivity contribution >= 4 is 5.97 Å². The Morgan fingerprint density at radius 1 is 0.969 bits per heavy atom. The number of fused-ring (bicyclic) bond motifs is 1. The number of hydrogen-bond donors (Lipinski definition) is 5. The maximum Gasteiger partial charge on any atom is 0.310 e. The monoisotopic (exact) mass is 436 g/mol. The van der Waals surface area contributed by atoms with E-state index in [9.17, 15) is 30.3 Å². The predicted molar refractivity (Wildman–Crippen MR) is 116 cm³/mol. The highest BCUT2D eigenvalue weighted by Gasteiger charge is 2.33. The molecule has 2 unspecified atom stereocenters. The van der Waals surface area contributed by atoms with Crippen LogP contribution < -0.4 is 4.74 Å². The van der Waals surface area contributed by atoms with E-state index in [0.29, 0.717) is 29.5 Å². The van der Waals surface area contributed by atoms with E-state index in [1.807, 2.05) is 30.3 Å². The molecule has 5 N–H and O–H groups in total. The van der Waals surface area contributed by atoms with Gasteiger partial charge < -0.3 is 30.3 Å².